The standard InChI is InChI=1S/C9H13F2N3O10P2.C6H15N/c10-9(11)6(15)4(3-22-26(20,21)24-25(17,18)19)23-7(9)14-2-1-5(12)13-8(14)16;1-4-7(5-2)6-3/h1-2,4,6-7,15H,3H2,(H,20,21)(H2,12,13,16)(H2,17,18,19);4-6H2,1-3H3/t4-,6-,7-;/m1./s1. The van der Waals surface area contributed by atoms with Crippen molar-refractivity contribution in [2.24, 2.45) is 0 Å². The molecule has 6 N–H and O–H groups in total. The van der Waals surface area contributed by atoms with E-state index >= 15 is 0 Å². The molecule has 2 heterocycles. The molecule has 14 nitrogen and oxygen atoms in total. The highest BCUT2D eigenvalue weighted by Gasteiger charge is 2.60. The predicted molar refractivity (Wildman–Crippen MR) is 110 cm³/mol. The number of rotatable bonds is 9. The first-order chi connectivity index (χ1) is 15.1. The summed E-state index contributed by atoms with van der Waals surface area (Å²) in [5.41, 5.74) is 4.03. The molecule has 0 spiro atoms. The van der Waals surface area contributed by atoms with Crippen molar-refractivity contribution in [2.45, 2.75) is 45.1 Å². The fraction of sp³-hybridized carbons (Fsp3) is 0.733. The first-order valence-electron chi connectivity index (χ1n) is 9.60. The Kier molecular flexibility index (Phi) is 10.7. The van der Waals surface area contributed by atoms with Crippen molar-refractivity contribution in [3.8, 4) is 0 Å². The molecule has 1 aromatic heterocycles. The van der Waals surface area contributed by atoms with E-state index in [0.29, 0.717) is 4.57 Å². The number of nitrogens with two attached hydrogens (primary N) is 1. The van der Waals surface area contributed by atoms with Crippen LogP contribution in [0.1, 0.15) is 27.0 Å². The minimum Gasteiger partial charge on any atom is -0.384 e. The second-order valence-electron chi connectivity index (χ2n) is 6.64. The SMILES string of the molecule is CCN(CC)CC.Nc1ccn([C@@H]2O[C@H](COP(=O)(O)OP(=O)(O)O)[C@@H](O)C2(F)F)c(=O)n1. The molecule has 0 aliphatic carbocycles. The fourth-order valence-corrected chi connectivity index (χ4v) is 4.31. The number of halogens is 2. The molecule has 192 valence electrons. The van der Waals surface area contributed by atoms with E-state index in [9.17, 15) is 27.8 Å². The first-order valence-corrected chi connectivity index (χ1v) is 12.6. The Balaban J connectivity index is 0.000000675. The lowest BCUT2D eigenvalue weighted by atomic mass is 10.1. The number of aliphatic hydroxyl groups excluding tert-OH is 1. The van der Waals surface area contributed by atoms with E-state index in [2.05, 4.69) is 39.5 Å². The number of hydrogen-bond acceptors (Lipinski definition) is 10. The molecule has 2 rings (SSSR count). The van der Waals surface area contributed by atoms with Crippen LogP contribution in [0, 0.1) is 0 Å². The molecular formula is C15H28F2N4O10P2. The minimum absolute atomic E-state index is 0.246. The van der Waals surface area contributed by atoms with Gasteiger partial charge < -0.3 is 35.2 Å². The second-order valence-corrected chi connectivity index (χ2v) is 9.47. The molecule has 1 aromatic rings. The number of aromatic nitrogens is 2. The number of phosphoric acid groups is 2. The summed E-state index contributed by atoms with van der Waals surface area (Å²) in [5, 5.41) is 9.64. The summed E-state index contributed by atoms with van der Waals surface area (Å²) in [5.74, 6) is -4.29. The van der Waals surface area contributed by atoms with Crippen LogP contribution in [0.4, 0.5) is 14.6 Å². The van der Waals surface area contributed by atoms with Gasteiger partial charge in [-0.05, 0) is 25.7 Å². The lowest BCUT2D eigenvalue weighted by Crippen LogP contribution is -2.41. The van der Waals surface area contributed by atoms with E-state index in [1.165, 1.54) is 19.6 Å². The van der Waals surface area contributed by atoms with Gasteiger partial charge in [0.05, 0.1) is 6.61 Å². The van der Waals surface area contributed by atoms with Gasteiger partial charge in [-0.15, -0.1) is 0 Å². The molecule has 0 amide bonds. The molecule has 33 heavy (non-hydrogen) atoms. The molecule has 1 aliphatic rings. The quantitative estimate of drug-likeness (QED) is 0.276. The largest absolute Gasteiger partial charge is 0.481 e. The highest BCUT2D eigenvalue weighted by atomic mass is 31.3. The predicted octanol–water partition coefficient (Wildman–Crippen LogP) is 0.293. The number of alkyl halides is 2. The van der Waals surface area contributed by atoms with E-state index in [0.717, 1.165) is 12.3 Å². The molecular weight excluding hydrogens is 496 g/mol. The van der Waals surface area contributed by atoms with Crippen LogP contribution >= 0.6 is 15.6 Å². The number of nitrogen functional groups attached to an aromatic ring is 1. The Bertz CT molecular complexity index is 921. The lowest BCUT2D eigenvalue weighted by Gasteiger charge is -2.20. The van der Waals surface area contributed by atoms with Gasteiger partial charge in [0.2, 0.25) is 6.23 Å². The van der Waals surface area contributed by atoms with Crippen LogP contribution in [0.2, 0.25) is 0 Å². The summed E-state index contributed by atoms with van der Waals surface area (Å²) >= 11 is 0. The van der Waals surface area contributed by atoms with Gasteiger partial charge in [-0.25, -0.2) is 13.9 Å². The van der Waals surface area contributed by atoms with Crippen LogP contribution in [0.3, 0.4) is 0 Å². The monoisotopic (exact) mass is 524 g/mol. The Hall–Kier alpha value is -1.32. The highest BCUT2D eigenvalue weighted by molar-refractivity contribution is 7.60. The van der Waals surface area contributed by atoms with E-state index in [4.69, 9.17) is 25.2 Å². The van der Waals surface area contributed by atoms with Gasteiger partial charge in [0.15, 0.2) is 6.10 Å². The molecule has 1 unspecified atom stereocenters. The van der Waals surface area contributed by atoms with E-state index in [1.54, 1.807) is 0 Å². The number of phosphoric ester groups is 1. The van der Waals surface area contributed by atoms with E-state index in [1.807, 2.05) is 0 Å². The molecule has 0 bridgehead atoms. The zero-order valence-electron chi connectivity index (χ0n) is 18.0. The van der Waals surface area contributed by atoms with Crippen molar-refractivity contribution >= 4 is 21.5 Å². The highest BCUT2D eigenvalue weighted by Crippen LogP contribution is 2.58. The summed E-state index contributed by atoms with van der Waals surface area (Å²) in [6.07, 6.45) is -6.03. The Morgan fingerprint density at radius 3 is 2.21 bits per heavy atom. The first kappa shape index (κ1) is 29.7. The number of aliphatic hydroxyl groups is 1. The molecule has 0 aromatic carbocycles. The van der Waals surface area contributed by atoms with Crippen LogP contribution in [-0.4, -0.2) is 78.6 Å². The zero-order valence-corrected chi connectivity index (χ0v) is 19.8. The van der Waals surface area contributed by atoms with Crippen LogP contribution < -0.4 is 11.4 Å². The van der Waals surface area contributed by atoms with Crippen molar-refractivity contribution in [1.82, 2.24) is 14.5 Å². The third-order valence-electron chi connectivity index (χ3n) is 4.44. The molecule has 0 radical (unpaired) electrons. The van der Waals surface area contributed by atoms with Crippen LogP contribution in [-0.2, 0) is 22.7 Å². The third kappa shape index (κ3) is 8.76. The maximum Gasteiger partial charge on any atom is 0.481 e. The zero-order chi connectivity index (χ0) is 25.6. The van der Waals surface area contributed by atoms with Crippen LogP contribution in [0.25, 0.3) is 0 Å². The number of nitrogens with zero attached hydrogens (tertiary/aromatic N) is 3. The number of hydrogen-bond donors (Lipinski definition) is 5. The van der Waals surface area contributed by atoms with E-state index < -0.39 is 52.3 Å². The Labute approximate surface area is 187 Å². The van der Waals surface area contributed by atoms with Gasteiger partial charge in [0.1, 0.15) is 11.9 Å². The number of anilines is 1. The molecule has 0 saturated carbocycles. The average Bonchev–Trinajstić information content (AvgIpc) is 2.90. The summed E-state index contributed by atoms with van der Waals surface area (Å²) < 4.78 is 62.9. The summed E-state index contributed by atoms with van der Waals surface area (Å²) in [4.78, 5) is 43.2. The normalized spacial score (nSPS) is 24.2. The molecule has 1 fully saturated rings. The van der Waals surface area contributed by atoms with Crippen LogP contribution in [0.15, 0.2) is 17.1 Å². The second kappa shape index (κ2) is 11.9. The van der Waals surface area contributed by atoms with E-state index in [-0.39, 0.29) is 5.82 Å². The number of ether oxygens (including phenoxy) is 1. The van der Waals surface area contributed by atoms with Crippen molar-refractivity contribution < 1.29 is 51.3 Å². The minimum atomic E-state index is -5.42. The van der Waals surface area contributed by atoms with Gasteiger partial charge in [-0.3, -0.25) is 9.09 Å². The fourth-order valence-electron chi connectivity index (χ4n) is 2.71. The molecule has 18 heteroatoms. The molecule has 4 atom stereocenters. The van der Waals surface area contributed by atoms with Gasteiger partial charge in [0.25, 0.3) is 0 Å². The smallest absolute Gasteiger partial charge is 0.384 e. The lowest BCUT2D eigenvalue weighted by molar-refractivity contribution is -0.140. The van der Waals surface area contributed by atoms with Crippen LogP contribution in [0.5, 0.6) is 0 Å². The third-order valence-corrected chi connectivity index (χ3v) is 6.59. The average molecular weight is 524 g/mol. The topological polar surface area (TPSA) is 207 Å². The Morgan fingerprint density at radius 2 is 1.79 bits per heavy atom. The molecule has 1 aliphatic heterocycles. The van der Waals surface area contributed by atoms with Crippen molar-refractivity contribution in [1.29, 1.82) is 0 Å². The summed E-state index contributed by atoms with van der Waals surface area (Å²) in [6.45, 7) is 8.91. The molecule has 1 saturated heterocycles. The summed E-state index contributed by atoms with van der Waals surface area (Å²) in [6, 6.07) is 1.02. The van der Waals surface area contributed by atoms with Crippen molar-refractivity contribution in [3.63, 3.8) is 0 Å². The van der Waals surface area contributed by atoms with Crippen molar-refractivity contribution in [3.05, 3.63) is 22.7 Å². The van der Waals surface area contributed by atoms with Crippen molar-refractivity contribution in [2.75, 3.05) is 32.0 Å². The Morgan fingerprint density at radius 1 is 1.24 bits per heavy atom. The van der Waals surface area contributed by atoms with Gasteiger partial charge >= 0.3 is 27.3 Å². The van der Waals surface area contributed by atoms with Gasteiger partial charge in [0, 0.05) is 6.20 Å². The summed E-state index contributed by atoms with van der Waals surface area (Å²) in [7, 11) is -10.8. The maximum absolute atomic E-state index is 14.2. The maximum atomic E-state index is 14.2. The van der Waals surface area contributed by atoms with Gasteiger partial charge in [-0.2, -0.15) is 18.1 Å². The van der Waals surface area contributed by atoms with Gasteiger partial charge in [-0.1, -0.05) is 20.8 Å².